The Balaban J connectivity index is 1.35. The van der Waals surface area contributed by atoms with E-state index in [-0.39, 0.29) is 0 Å². The van der Waals surface area contributed by atoms with E-state index in [1.165, 1.54) is 25.7 Å². The molecule has 0 aliphatic heterocycles. The molecule has 0 bridgehead atoms. The Morgan fingerprint density at radius 2 is 1.84 bits per heavy atom. The van der Waals surface area contributed by atoms with E-state index in [2.05, 4.69) is 67.4 Å². The minimum absolute atomic E-state index is 0.565. The molecule has 158 valence electrons. The Hall–Kier alpha value is -3.93. The predicted molar refractivity (Wildman–Crippen MR) is 129 cm³/mol. The van der Waals surface area contributed by atoms with Gasteiger partial charge < -0.3 is 10.3 Å². The lowest BCUT2D eigenvalue weighted by molar-refractivity contribution is 0.649. The van der Waals surface area contributed by atoms with Gasteiger partial charge in [-0.15, -0.1) is 0 Å². The van der Waals surface area contributed by atoms with E-state index >= 15 is 0 Å². The quantitative estimate of drug-likeness (QED) is 0.312. The van der Waals surface area contributed by atoms with E-state index in [1.54, 1.807) is 6.20 Å². The molecule has 5 aromatic rings. The Labute approximate surface area is 185 Å². The van der Waals surface area contributed by atoms with E-state index in [9.17, 15) is 0 Å². The number of aromatic amines is 2. The summed E-state index contributed by atoms with van der Waals surface area (Å²) in [6.45, 7) is 4.27. The van der Waals surface area contributed by atoms with Crippen molar-refractivity contribution in [1.29, 1.82) is 0 Å². The molecule has 6 heteroatoms. The number of H-pyrrole nitrogens is 2. The SMILES string of the molecule is C=C(Nc1cncc(-c2ccc3[nH]nc(-c4cc5ccncc5[nH]4)c3c2)c1)C1CCCC1. The summed E-state index contributed by atoms with van der Waals surface area (Å²) in [5.41, 5.74) is 8.10. The number of hydrogen-bond donors (Lipinski definition) is 3. The number of pyridine rings is 2. The molecule has 1 aliphatic rings. The minimum atomic E-state index is 0.565. The third-order valence-electron chi connectivity index (χ3n) is 6.47. The maximum absolute atomic E-state index is 4.58. The van der Waals surface area contributed by atoms with Gasteiger partial charge in [-0.25, -0.2) is 0 Å². The molecule has 32 heavy (non-hydrogen) atoms. The van der Waals surface area contributed by atoms with Gasteiger partial charge in [-0.05, 0) is 54.7 Å². The van der Waals surface area contributed by atoms with Crippen LogP contribution in [0.1, 0.15) is 25.7 Å². The van der Waals surface area contributed by atoms with Gasteiger partial charge in [0, 0.05) is 34.4 Å². The van der Waals surface area contributed by atoms with Crippen LogP contribution in [0.2, 0.25) is 0 Å². The number of hydrogen-bond acceptors (Lipinski definition) is 4. The molecule has 0 unspecified atom stereocenters. The normalized spacial score (nSPS) is 14.4. The summed E-state index contributed by atoms with van der Waals surface area (Å²) >= 11 is 0. The van der Waals surface area contributed by atoms with Crippen molar-refractivity contribution in [2.45, 2.75) is 25.7 Å². The van der Waals surface area contributed by atoms with Crippen LogP contribution in [0.3, 0.4) is 0 Å². The maximum atomic E-state index is 4.58. The Morgan fingerprint density at radius 3 is 2.72 bits per heavy atom. The average Bonchev–Trinajstić information content (AvgIpc) is 3.58. The molecule has 6 nitrogen and oxygen atoms in total. The largest absolute Gasteiger partial charge is 0.358 e. The molecule has 0 radical (unpaired) electrons. The highest BCUT2D eigenvalue weighted by atomic mass is 15.1. The van der Waals surface area contributed by atoms with Gasteiger partial charge in [0.2, 0.25) is 0 Å². The molecule has 1 saturated carbocycles. The van der Waals surface area contributed by atoms with Crippen LogP contribution < -0.4 is 5.32 Å². The van der Waals surface area contributed by atoms with Crippen LogP contribution in [-0.2, 0) is 0 Å². The minimum Gasteiger partial charge on any atom is -0.358 e. The van der Waals surface area contributed by atoms with Crippen molar-refractivity contribution >= 4 is 27.5 Å². The smallest absolute Gasteiger partial charge is 0.116 e. The zero-order valence-electron chi connectivity index (χ0n) is 17.7. The fourth-order valence-corrected chi connectivity index (χ4v) is 4.73. The Morgan fingerprint density at radius 1 is 0.938 bits per heavy atom. The van der Waals surface area contributed by atoms with Crippen molar-refractivity contribution in [3.63, 3.8) is 0 Å². The van der Waals surface area contributed by atoms with Gasteiger partial charge in [0.05, 0.1) is 34.8 Å². The molecule has 1 aromatic carbocycles. The first kappa shape index (κ1) is 18.8. The second kappa shape index (κ2) is 7.64. The number of benzene rings is 1. The Kier molecular flexibility index (Phi) is 4.49. The molecule has 0 atom stereocenters. The van der Waals surface area contributed by atoms with Gasteiger partial charge in [-0.1, -0.05) is 25.5 Å². The first-order chi connectivity index (χ1) is 15.7. The van der Waals surface area contributed by atoms with Crippen LogP contribution in [0, 0.1) is 5.92 Å². The zero-order valence-corrected chi connectivity index (χ0v) is 17.7. The summed E-state index contributed by atoms with van der Waals surface area (Å²) < 4.78 is 0. The molecule has 0 spiro atoms. The third kappa shape index (κ3) is 3.34. The van der Waals surface area contributed by atoms with Crippen molar-refractivity contribution in [1.82, 2.24) is 25.1 Å². The second-order valence-corrected chi connectivity index (χ2v) is 8.57. The standard InChI is InChI=1S/C26H24N6/c1-16(17-4-2-3-5-17)29-21-10-20(13-28-14-21)18-6-7-23-22(11-18)26(32-31-23)24-12-19-8-9-27-15-25(19)30-24/h6-15,17,29-30H,1-5H2,(H,31,32). The van der Waals surface area contributed by atoms with Gasteiger partial charge in [-0.3, -0.25) is 15.1 Å². The van der Waals surface area contributed by atoms with Crippen LogP contribution >= 0.6 is 0 Å². The maximum Gasteiger partial charge on any atom is 0.116 e. The highest BCUT2D eigenvalue weighted by Crippen LogP contribution is 2.33. The fourth-order valence-electron chi connectivity index (χ4n) is 4.73. The molecule has 1 fully saturated rings. The molecular weight excluding hydrogens is 396 g/mol. The third-order valence-corrected chi connectivity index (χ3v) is 6.47. The number of nitrogens with zero attached hydrogens (tertiary/aromatic N) is 3. The summed E-state index contributed by atoms with van der Waals surface area (Å²) in [6.07, 6.45) is 12.4. The van der Waals surface area contributed by atoms with Gasteiger partial charge >= 0.3 is 0 Å². The fraction of sp³-hybridized carbons (Fsp3) is 0.192. The molecule has 0 amide bonds. The van der Waals surface area contributed by atoms with Crippen molar-refractivity contribution in [3.05, 3.63) is 73.5 Å². The first-order valence-corrected chi connectivity index (χ1v) is 11.1. The van der Waals surface area contributed by atoms with Gasteiger partial charge in [0.25, 0.3) is 0 Å². The molecule has 4 heterocycles. The lowest BCUT2D eigenvalue weighted by Gasteiger charge is -2.16. The molecule has 1 aliphatic carbocycles. The average molecular weight is 421 g/mol. The number of nitrogens with one attached hydrogen (secondary N) is 3. The first-order valence-electron chi connectivity index (χ1n) is 11.1. The molecule has 6 rings (SSSR count). The lowest BCUT2D eigenvalue weighted by atomic mass is 10.0. The van der Waals surface area contributed by atoms with E-state index in [0.29, 0.717) is 5.92 Å². The van der Waals surface area contributed by atoms with E-state index in [4.69, 9.17) is 0 Å². The highest BCUT2D eigenvalue weighted by Gasteiger charge is 2.18. The second-order valence-electron chi connectivity index (χ2n) is 8.57. The van der Waals surface area contributed by atoms with Gasteiger partial charge in [0.15, 0.2) is 0 Å². The van der Waals surface area contributed by atoms with Crippen molar-refractivity contribution in [2.75, 3.05) is 5.32 Å². The topological polar surface area (TPSA) is 82.3 Å². The van der Waals surface area contributed by atoms with Crippen molar-refractivity contribution < 1.29 is 0 Å². The zero-order chi connectivity index (χ0) is 21.5. The molecule has 3 N–H and O–H groups in total. The summed E-state index contributed by atoms with van der Waals surface area (Å²) in [5, 5.41) is 13.4. The van der Waals surface area contributed by atoms with Crippen molar-refractivity contribution in [3.8, 4) is 22.5 Å². The molecule has 0 saturated heterocycles. The van der Waals surface area contributed by atoms with Gasteiger partial charge in [0.1, 0.15) is 5.69 Å². The lowest BCUT2D eigenvalue weighted by Crippen LogP contribution is -2.07. The van der Waals surface area contributed by atoms with Crippen LogP contribution in [0.15, 0.2) is 73.5 Å². The number of rotatable bonds is 5. The molecule has 4 aromatic heterocycles. The number of aromatic nitrogens is 5. The van der Waals surface area contributed by atoms with E-state index < -0.39 is 0 Å². The summed E-state index contributed by atoms with van der Waals surface area (Å²) in [5.74, 6) is 0.565. The van der Waals surface area contributed by atoms with Crippen LogP contribution in [0.4, 0.5) is 5.69 Å². The monoisotopic (exact) mass is 420 g/mol. The summed E-state index contributed by atoms with van der Waals surface area (Å²) in [6, 6.07) is 12.6. The van der Waals surface area contributed by atoms with Crippen LogP contribution in [-0.4, -0.2) is 25.1 Å². The van der Waals surface area contributed by atoms with Gasteiger partial charge in [-0.2, -0.15) is 5.10 Å². The highest BCUT2D eigenvalue weighted by molar-refractivity contribution is 5.97. The number of fused-ring (bicyclic) bond motifs is 2. The van der Waals surface area contributed by atoms with Crippen LogP contribution in [0.5, 0.6) is 0 Å². The van der Waals surface area contributed by atoms with E-state index in [1.807, 2.05) is 24.7 Å². The predicted octanol–water partition coefficient (Wildman–Crippen LogP) is 6.28. The number of anilines is 1. The molecular formula is C26H24N6. The summed E-state index contributed by atoms with van der Waals surface area (Å²) in [4.78, 5) is 12.1. The van der Waals surface area contributed by atoms with Crippen LogP contribution in [0.25, 0.3) is 44.3 Å². The van der Waals surface area contributed by atoms with E-state index in [0.717, 1.165) is 55.7 Å². The van der Waals surface area contributed by atoms with Crippen molar-refractivity contribution in [2.24, 2.45) is 5.92 Å². The summed E-state index contributed by atoms with van der Waals surface area (Å²) in [7, 11) is 0. The Bertz CT molecular complexity index is 1400. The number of allylic oxidation sites excluding steroid dienone is 1.